The Kier molecular flexibility index (Phi) is 5.87. The van der Waals surface area contributed by atoms with Crippen LogP contribution in [0.25, 0.3) is 10.9 Å². The van der Waals surface area contributed by atoms with Crippen molar-refractivity contribution in [3.8, 4) is 5.75 Å². The fourth-order valence-electron chi connectivity index (χ4n) is 4.17. The third-order valence-corrected chi connectivity index (χ3v) is 6.03. The van der Waals surface area contributed by atoms with Crippen LogP contribution in [0.15, 0.2) is 54.6 Å². The van der Waals surface area contributed by atoms with Crippen molar-refractivity contribution in [1.82, 2.24) is 4.98 Å². The molecule has 5 rings (SSSR count). The minimum absolute atomic E-state index is 0.127. The molecule has 32 heavy (non-hydrogen) atoms. The molecule has 1 amide bonds. The highest BCUT2D eigenvalue weighted by molar-refractivity contribution is 6.30. The second-order valence-electron chi connectivity index (χ2n) is 7.94. The van der Waals surface area contributed by atoms with Crippen LogP contribution in [0.4, 0.5) is 11.5 Å². The summed E-state index contributed by atoms with van der Waals surface area (Å²) in [4.78, 5) is 19.4. The molecule has 2 fully saturated rings. The number of benzene rings is 2. The van der Waals surface area contributed by atoms with Crippen molar-refractivity contribution in [3.63, 3.8) is 0 Å². The Labute approximate surface area is 191 Å². The van der Waals surface area contributed by atoms with Gasteiger partial charge >= 0.3 is 0 Å². The van der Waals surface area contributed by atoms with E-state index in [4.69, 9.17) is 30.8 Å². The lowest BCUT2D eigenvalue weighted by Gasteiger charge is -2.38. The summed E-state index contributed by atoms with van der Waals surface area (Å²) in [5, 5.41) is 4.30. The van der Waals surface area contributed by atoms with Crippen molar-refractivity contribution in [3.05, 3.63) is 59.6 Å². The first-order chi connectivity index (χ1) is 15.6. The quantitative estimate of drug-likeness (QED) is 0.622. The van der Waals surface area contributed by atoms with Crippen molar-refractivity contribution < 1.29 is 19.0 Å². The second kappa shape index (κ2) is 8.94. The molecule has 0 aliphatic carbocycles. The topological polar surface area (TPSA) is 72.9 Å². The van der Waals surface area contributed by atoms with Gasteiger partial charge in [-0.05, 0) is 36.4 Å². The smallest absolute Gasteiger partial charge is 0.262 e. The summed E-state index contributed by atoms with van der Waals surface area (Å²) < 4.78 is 17.5. The summed E-state index contributed by atoms with van der Waals surface area (Å²) in [6, 6.07) is 16.8. The van der Waals surface area contributed by atoms with Gasteiger partial charge in [0.1, 0.15) is 17.1 Å². The number of halogens is 1. The summed E-state index contributed by atoms with van der Waals surface area (Å²) >= 11 is 5.97. The Morgan fingerprint density at radius 3 is 2.66 bits per heavy atom. The highest BCUT2D eigenvalue weighted by Gasteiger charge is 2.40. The third kappa shape index (κ3) is 4.50. The van der Waals surface area contributed by atoms with E-state index in [9.17, 15) is 4.79 Å². The number of rotatable bonds is 5. The molecule has 0 saturated carbocycles. The maximum atomic E-state index is 12.3. The number of nitrogens with zero attached hydrogens (tertiary/aromatic N) is 2. The lowest BCUT2D eigenvalue weighted by atomic mass is 10.0. The van der Waals surface area contributed by atoms with E-state index < -0.39 is 5.79 Å². The first-order valence-electron chi connectivity index (χ1n) is 10.7. The summed E-state index contributed by atoms with van der Waals surface area (Å²) in [6.07, 6.45) is 1.63. The van der Waals surface area contributed by atoms with E-state index >= 15 is 0 Å². The summed E-state index contributed by atoms with van der Waals surface area (Å²) in [5.41, 5.74) is 1.36. The number of carbonyl (C=O) groups is 1. The zero-order valence-electron chi connectivity index (χ0n) is 17.6. The van der Waals surface area contributed by atoms with Gasteiger partial charge in [-0.3, -0.25) is 4.79 Å². The Morgan fingerprint density at radius 2 is 1.88 bits per heavy atom. The van der Waals surface area contributed by atoms with Crippen LogP contribution in [0, 0.1) is 0 Å². The lowest BCUT2D eigenvalue weighted by molar-refractivity contribution is -0.169. The third-order valence-electron chi connectivity index (χ3n) is 5.80. The number of carbonyl (C=O) groups excluding carboxylic acids is 1. The Bertz CT molecular complexity index is 1120. The fourth-order valence-corrected chi connectivity index (χ4v) is 4.36. The molecule has 0 bridgehead atoms. The number of hydrogen-bond acceptors (Lipinski definition) is 6. The molecule has 0 atom stereocenters. The molecule has 3 aromatic rings. The minimum Gasteiger partial charge on any atom is -0.481 e. The normalized spacial score (nSPS) is 17.6. The number of aromatic nitrogens is 1. The number of piperidine rings is 1. The summed E-state index contributed by atoms with van der Waals surface area (Å²) in [5.74, 6) is 0.766. The van der Waals surface area contributed by atoms with Crippen LogP contribution >= 0.6 is 11.6 Å². The number of anilines is 2. The number of ether oxygens (including phenoxy) is 3. The number of hydrogen-bond donors (Lipinski definition) is 1. The van der Waals surface area contributed by atoms with Crippen molar-refractivity contribution in [2.45, 2.75) is 18.6 Å². The first-order valence-corrected chi connectivity index (χ1v) is 11.1. The molecule has 7 nitrogen and oxygen atoms in total. The fraction of sp³-hybridized carbons (Fsp3) is 0.333. The molecule has 0 unspecified atom stereocenters. The maximum Gasteiger partial charge on any atom is 0.262 e. The number of nitrogens with one attached hydrogen (secondary N) is 1. The van der Waals surface area contributed by atoms with Gasteiger partial charge in [0.05, 0.1) is 13.2 Å². The van der Waals surface area contributed by atoms with Crippen LogP contribution in [0.3, 0.4) is 0 Å². The van der Waals surface area contributed by atoms with Gasteiger partial charge in [-0.15, -0.1) is 0 Å². The van der Waals surface area contributed by atoms with Gasteiger partial charge in [0.15, 0.2) is 12.4 Å². The molecule has 8 heteroatoms. The number of amides is 1. The molecule has 1 spiro atoms. The average molecular weight is 454 g/mol. The molecule has 3 heterocycles. The van der Waals surface area contributed by atoms with Crippen LogP contribution in [-0.4, -0.2) is 49.6 Å². The molecule has 2 aliphatic heterocycles. The van der Waals surface area contributed by atoms with E-state index in [0.29, 0.717) is 29.7 Å². The summed E-state index contributed by atoms with van der Waals surface area (Å²) in [6.45, 7) is 2.82. The molecule has 2 saturated heterocycles. The molecule has 166 valence electrons. The van der Waals surface area contributed by atoms with Gasteiger partial charge in [-0.25, -0.2) is 4.98 Å². The van der Waals surface area contributed by atoms with E-state index in [2.05, 4.69) is 10.2 Å². The van der Waals surface area contributed by atoms with E-state index in [1.165, 1.54) is 0 Å². The first kappa shape index (κ1) is 21.0. The molecule has 0 radical (unpaired) electrons. The van der Waals surface area contributed by atoms with Crippen LogP contribution < -0.4 is 15.0 Å². The van der Waals surface area contributed by atoms with Crippen LogP contribution in [0.1, 0.15) is 12.8 Å². The molecule has 2 aromatic carbocycles. The zero-order valence-corrected chi connectivity index (χ0v) is 18.3. The number of pyridine rings is 1. The lowest BCUT2D eigenvalue weighted by Crippen LogP contribution is -2.45. The van der Waals surface area contributed by atoms with Gasteiger partial charge in [0.2, 0.25) is 0 Å². The van der Waals surface area contributed by atoms with Crippen molar-refractivity contribution in [1.29, 1.82) is 0 Å². The van der Waals surface area contributed by atoms with Gasteiger partial charge in [-0.1, -0.05) is 29.8 Å². The largest absolute Gasteiger partial charge is 0.481 e. The monoisotopic (exact) mass is 453 g/mol. The van der Waals surface area contributed by atoms with E-state index in [1.54, 1.807) is 24.3 Å². The highest BCUT2D eigenvalue weighted by atomic mass is 35.5. The zero-order chi connectivity index (χ0) is 22.0. The predicted molar refractivity (Wildman–Crippen MR) is 123 cm³/mol. The summed E-state index contributed by atoms with van der Waals surface area (Å²) in [7, 11) is 0. The molecule has 1 N–H and O–H groups in total. The van der Waals surface area contributed by atoms with Gasteiger partial charge in [0.25, 0.3) is 5.91 Å². The minimum atomic E-state index is -0.419. The Hall–Kier alpha value is -2.87. The van der Waals surface area contributed by atoms with Crippen molar-refractivity contribution in [2.24, 2.45) is 0 Å². The second-order valence-corrected chi connectivity index (χ2v) is 8.38. The Balaban J connectivity index is 1.28. The van der Waals surface area contributed by atoms with Crippen LogP contribution in [0.5, 0.6) is 5.75 Å². The SMILES string of the molecule is O=C(COc1cccc2ccc(N3CCC4(CC3)OCCO4)nc12)Nc1cccc(Cl)c1. The molecule has 2 aliphatic rings. The predicted octanol–water partition coefficient (Wildman–Crippen LogP) is 4.25. The average Bonchev–Trinajstić information content (AvgIpc) is 3.26. The molecule has 1 aromatic heterocycles. The van der Waals surface area contributed by atoms with Gasteiger partial charge < -0.3 is 24.4 Å². The van der Waals surface area contributed by atoms with Crippen LogP contribution in [-0.2, 0) is 14.3 Å². The number of para-hydroxylation sites is 1. The van der Waals surface area contributed by atoms with Crippen molar-refractivity contribution >= 4 is 39.9 Å². The number of fused-ring (bicyclic) bond motifs is 1. The highest BCUT2D eigenvalue weighted by Crippen LogP contribution is 2.34. The van der Waals surface area contributed by atoms with Crippen molar-refractivity contribution in [2.75, 3.05) is 43.1 Å². The maximum absolute atomic E-state index is 12.3. The van der Waals surface area contributed by atoms with E-state index in [-0.39, 0.29) is 12.5 Å². The van der Waals surface area contributed by atoms with E-state index in [1.807, 2.05) is 30.3 Å². The molecular weight excluding hydrogens is 430 g/mol. The van der Waals surface area contributed by atoms with Crippen LogP contribution in [0.2, 0.25) is 5.02 Å². The van der Waals surface area contributed by atoms with Gasteiger partial charge in [0, 0.05) is 42.0 Å². The van der Waals surface area contributed by atoms with Gasteiger partial charge in [-0.2, -0.15) is 0 Å². The standard InChI is InChI=1S/C24H24ClN3O4/c25-18-4-2-5-19(15-18)26-22(29)16-30-20-6-1-3-17-7-8-21(27-23(17)20)28-11-9-24(10-12-28)31-13-14-32-24/h1-8,15H,9-14,16H2,(H,26,29). The Morgan fingerprint density at radius 1 is 1.09 bits per heavy atom. The molecular formula is C24H24ClN3O4. The van der Waals surface area contributed by atoms with E-state index in [0.717, 1.165) is 42.7 Å².